The molecule has 1 N–H and O–H groups in total. The number of benzene rings is 1. The molecule has 3 rings (SSSR count). The second-order valence-corrected chi connectivity index (χ2v) is 7.49. The van der Waals surface area contributed by atoms with E-state index in [0.717, 1.165) is 10.6 Å². The van der Waals surface area contributed by atoms with Crippen LogP contribution in [0.25, 0.3) is 10.9 Å². The average molecular weight is 363 g/mol. The number of aromatic amines is 1. The molecule has 0 saturated carbocycles. The highest BCUT2D eigenvalue weighted by molar-refractivity contribution is 5.77. The van der Waals surface area contributed by atoms with E-state index in [9.17, 15) is 18.8 Å². The molecule has 2 heterocycles. The van der Waals surface area contributed by atoms with Crippen LogP contribution in [0.5, 0.6) is 0 Å². The number of halogens is 1. The zero-order valence-corrected chi connectivity index (χ0v) is 15.0. The molecule has 0 aliphatic carbocycles. The molecule has 1 aliphatic rings. The molecule has 1 aliphatic heterocycles. The minimum Gasteiger partial charge on any atom is -0.444 e. The Morgan fingerprint density at radius 1 is 1.23 bits per heavy atom. The Kier molecular flexibility index (Phi) is 4.60. The third-order valence-electron chi connectivity index (χ3n) is 4.37. The number of hydrogen-bond acceptors (Lipinski definition) is 4. The predicted molar refractivity (Wildman–Crippen MR) is 94.9 cm³/mol. The number of fused-ring (bicyclic) bond motifs is 1. The highest BCUT2D eigenvalue weighted by atomic mass is 19.1. The summed E-state index contributed by atoms with van der Waals surface area (Å²) in [6, 6.07) is 3.35. The fraction of sp³-hybridized carbons (Fsp3) is 0.500. The number of hydrogen-bond donors (Lipinski definition) is 1. The van der Waals surface area contributed by atoms with Crippen molar-refractivity contribution < 1.29 is 13.9 Å². The standard InChI is InChI=1S/C18H22FN3O4/c1-18(2,3)26-17(25)21-8-6-12(7-9-21)22-15(23)13-10-11(19)4-5-14(13)20-16(22)24/h4-5,10,12H,6-9H2,1-3H3,(H,20,24). The van der Waals surface area contributed by atoms with Crippen LogP contribution in [0.3, 0.4) is 0 Å². The number of carbonyl (C=O) groups excluding carboxylic acids is 1. The molecule has 8 heteroatoms. The zero-order valence-electron chi connectivity index (χ0n) is 15.0. The number of nitrogens with zero attached hydrogens (tertiary/aromatic N) is 2. The lowest BCUT2D eigenvalue weighted by Crippen LogP contribution is -2.46. The minimum atomic E-state index is -0.579. The van der Waals surface area contributed by atoms with E-state index >= 15 is 0 Å². The number of H-pyrrole nitrogens is 1. The molecule has 1 amide bonds. The van der Waals surface area contributed by atoms with Crippen molar-refractivity contribution in [1.82, 2.24) is 14.5 Å². The summed E-state index contributed by atoms with van der Waals surface area (Å²) in [6.07, 6.45) is 0.490. The van der Waals surface area contributed by atoms with Gasteiger partial charge in [0, 0.05) is 19.1 Å². The highest BCUT2D eigenvalue weighted by Gasteiger charge is 2.29. The smallest absolute Gasteiger partial charge is 0.410 e. The molecule has 2 aromatic rings. The van der Waals surface area contributed by atoms with Crippen LogP contribution in [-0.4, -0.2) is 39.2 Å². The van der Waals surface area contributed by atoms with Crippen LogP contribution in [0, 0.1) is 5.82 Å². The van der Waals surface area contributed by atoms with E-state index in [1.54, 1.807) is 25.7 Å². The van der Waals surface area contributed by atoms with Crippen molar-refractivity contribution in [3.05, 3.63) is 44.9 Å². The van der Waals surface area contributed by atoms with Crippen LogP contribution in [0.1, 0.15) is 39.7 Å². The van der Waals surface area contributed by atoms with Gasteiger partial charge in [-0.2, -0.15) is 0 Å². The van der Waals surface area contributed by atoms with Crippen LogP contribution >= 0.6 is 0 Å². The monoisotopic (exact) mass is 363 g/mol. The molecule has 0 bridgehead atoms. The molecular formula is C18H22FN3O4. The van der Waals surface area contributed by atoms with Crippen LogP contribution in [0.15, 0.2) is 27.8 Å². The number of piperidine rings is 1. The lowest BCUT2D eigenvalue weighted by Gasteiger charge is -2.33. The molecule has 0 spiro atoms. The maximum atomic E-state index is 13.5. The topological polar surface area (TPSA) is 84.4 Å². The van der Waals surface area contributed by atoms with Crippen molar-refractivity contribution in [3.63, 3.8) is 0 Å². The van der Waals surface area contributed by atoms with Crippen molar-refractivity contribution in [2.24, 2.45) is 0 Å². The summed E-state index contributed by atoms with van der Waals surface area (Å²) in [5.41, 5.74) is -1.31. The van der Waals surface area contributed by atoms with E-state index in [1.807, 2.05) is 0 Å². The van der Waals surface area contributed by atoms with E-state index in [2.05, 4.69) is 4.98 Å². The third kappa shape index (κ3) is 3.63. The molecule has 1 saturated heterocycles. The Morgan fingerprint density at radius 2 is 1.88 bits per heavy atom. The first-order chi connectivity index (χ1) is 12.2. The third-order valence-corrected chi connectivity index (χ3v) is 4.37. The van der Waals surface area contributed by atoms with Crippen molar-refractivity contribution in [2.75, 3.05) is 13.1 Å². The molecule has 1 fully saturated rings. The van der Waals surface area contributed by atoms with Gasteiger partial charge < -0.3 is 14.6 Å². The number of aromatic nitrogens is 2. The first-order valence-corrected chi connectivity index (χ1v) is 8.58. The first-order valence-electron chi connectivity index (χ1n) is 8.58. The quantitative estimate of drug-likeness (QED) is 0.843. The summed E-state index contributed by atoms with van der Waals surface area (Å²) in [4.78, 5) is 41.3. The zero-order chi connectivity index (χ0) is 19.1. The first kappa shape index (κ1) is 18.2. The fourth-order valence-electron chi connectivity index (χ4n) is 3.16. The van der Waals surface area contributed by atoms with Gasteiger partial charge in [-0.1, -0.05) is 0 Å². The summed E-state index contributed by atoms with van der Waals surface area (Å²) < 4.78 is 19.9. The molecule has 140 valence electrons. The lowest BCUT2D eigenvalue weighted by atomic mass is 10.0. The number of ether oxygens (including phenoxy) is 1. The van der Waals surface area contributed by atoms with E-state index < -0.39 is 28.8 Å². The number of amides is 1. The summed E-state index contributed by atoms with van der Waals surface area (Å²) in [7, 11) is 0. The van der Waals surface area contributed by atoms with Crippen LogP contribution in [0.4, 0.5) is 9.18 Å². The van der Waals surface area contributed by atoms with Crippen LogP contribution < -0.4 is 11.2 Å². The Bertz CT molecular complexity index is 950. The molecule has 7 nitrogen and oxygen atoms in total. The molecule has 0 radical (unpaired) electrons. The second kappa shape index (κ2) is 6.59. The van der Waals surface area contributed by atoms with Crippen molar-refractivity contribution in [2.45, 2.75) is 45.3 Å². The maximum absolute atomic E-state index is 13.5. The summed E-state index contributed by atoms with van der Waals surface area (Å²) in [5.74, 6) is -0.534. The average Bonchev–Trinajstić information content (AvgIpc) is 2.55. The molecule has 26 heavy (non-hydrogen) atoms. The molecular weight excluding hydrogens is 341 g/mol. The fourth-order valence-corrected chi connectivity index (χ4v) is 3.16. The van der Waals surface area contributed by atoms with E-state index in [-0.39, 0.29) is 11.4 Å². The van der Waals surface area contributed by atoms with Gasteiger partial charge in [-0.05, 0) is 51.8 Å². The molecule has 1 aromatic heterocycles. The van der Waals surface area contributed by atoms with Crippen molar-refractivity contribution in [3.8, 4) is 0 Å². The lowest BCUT2D eigenvalue weighted by molar-refractivity contribution is 0.0186. The normalized spacial score (nSPS) is 16.1. The van der Waals surface area contributed by atoms with Gasteiger partial charge in [-0.25, -0.2) is 14.0 Å². The Balaban J connectivity index is 1.83. The molecule has 1 aromatic carbocycles. The Labute approximate surface area is 149 Å². The van der Waals surface area contributed by atoms with Crippen molar-refractivity contribution >= 4 is 17.0 Å². The predicted octanol–water partition coefficient (Wildman–Crippen LogP) is 2.40. The largest absolute Gasteiger partial charge is 0.444 e. The van der Waals surface area contributed by atoms with E-state index in [4.69, 9.17) is 4.74 Å². The van der Waals surface area contributed by atoms with Crippen molar-refractivity contribution in [1.29, 1.82) is 0 Å². The highest BCUT2D eigenvalue weighted by Crippen LogP contribution is 2.22. The maximum Gasteiger partial charge on any atom is 0.410 e. The van der Waals surface area contributed by atoms with Gasteiger partial charge in [0.05, 0.1) is 10.9 Å². The second-order valence-electron chi connectivity index (χ2n) is 7.49. The van der Waals surface area contributed by atoms with Crippen LogP contribution in [0.2, 0.25) is 0 Å². The Morgan fingerprint density at radius 3 is 2.50 bits per heavy atom. The molecule has 0 unspecified atom stereocenters. The molecule has 0 atom stereocenters. The summed E-state index contributed by atoms with van der Waals surface area (Å²) in [5, 5.41) is 0.138. The SMILES string of the molecule is CC(C)(C)OC(=O)N1CCC(n2c(=O)[nH]c3ccc(F)cc3c2=O)CC1. The van der Waals surface area contributed by atoms with Gasteiger partial charge in [-0.15, -0.1) is 0 Å². The van der Waals surface area contributed by atoms with Crippen LogP contribution in [-0.2, 0) is 4.74 Å². The van der Waals surface area contributed by atoms with Gasteiger partial charge in [0.15, 0.2) is 0 Å². The Hall–Kier alpha value is -2.64. The van der Waals surface area contributed by atoms with Gasteiger partial charge in [-0.3, -0.25) is 9.36 Å². The van der Waals surface area contributed by atoms with Gasteiger partial charge >= 0.3 is 11.8 Å². The van der Waals surface area contributed by atoms with Gasteiger partial charge in [0.1, 0.15) is 11.4 Å². The van der Waals surface area contributed by atoms with Gasteiger partial charge in [0.25, 0.3) is 5.56 Å². The van der Waals surface area contributed by atoms with E-state index in [1.165, 1.54) is 12.1 Å². The summed E-state index contributed by atoms with van der Waals surface area (Å²) >= 11 is 0. The number of likely N-dealkylation sites (tertiary alicyclic amines) is 1. The number of rotatable bonds is 1. The minimum absolute atomic E-state index is 0.138. The van der Waals surface area contributed by atoms with E-state index in [0.29, 0.717) is 31.4 Å². The number of nitrogens with one attached hydrogen (secondary N) is 1. The summed E-state index contributed by atoms with van der Waals surface area (Å²) in [6.45, 7) is 6.15. The number of carbonyl (C=O) groups is 1. The van der Waals surface area contributed by atoms with Gasteiger partial charge in [0.2, 0.25) is 0 Å².